The van der Waals surface area contributed by atoms with Crippen LogP contribution < -0.4 is 5.32 Å². The van der Waals surface area contributed by atoms with Crippen molar-refractivity contribution in [3.8, 4) is 0 Å². The Morgan fingerprint density at radius 1 is 1.42 bits per heavy atom. The van der Waals surface area contributed by atoms with Crippen molar-refractivity contribution >= 4 is 5.97 Å². The van der Waals surface area contributed by atoms with Gasteiger partial charge in [0.05, 0.1) is 13.4 Å². The number of esters is 1. The molecule has 0 spiro atoms. The van der Waals surface area contributed by atoms with Gasteiger partial charge < -0.3 is 14.6 Å². The van der Waals surface area contributed by atoms with E-state index in [-0.39, 0.29) is 12.0 Å². The van der Waals surface area contributed by atoms with E-state index in [2.05, 4.69) is 21.8 Å². The van der Waals surface area contributed by atoms with Gasteiger partial charge in [-0.05, 0) is 25.8 Å². The zero-order chi connectivity index (χ0) is 13.9. The van der Waals surface area contributed by atoms with Crippen molar-refractivity contribution in [3.63, 3.8) is 0 Å². The average Bonchev–Trinajstić information content (AvgIpc) is 2.94. The third kappa shape index (κ3) is 6.38. The largest absolute Gasteiger partial charge is 0.468 e. The maximum absolute atomic E-state index is 11.6. The summed E-state index contributed by atoms with van der Waals surface area (Å²) in [5.74, 6) is -0.150. The fourth-order valence-electron chi connectivity index (χ4n) is 1.97. The maximum Gasteiger partial charge on any atom is 0.322 e. The Morgan fingerprint density at radius 2 is 2.26 bits per heavy atom. The molecule has 1 aromatic heterocycles. The number of aryl methyl sites for hydroxylation is 1. The number of carbonyl (C=O) groups is 1. The van der Waals surface area contributed by atoms with E-state index in [4.69, 9.17) is 4.74 Å². The molecule has 1 N–H and O–H groups in total. The number of hydrogen-bond donors (Lipinski definition) is 1. The first-order valence-corrected chi connectivity index (χ1v) is 7.05. The summed E-state index contributed by atoms with van der Waals surface area (Å²) in [6, 6.07) is -0.154. The number of rotatable bonds is 10. The quantitative estimate of drug-likeness (QED) is 0.520. The lowest BCUT2D eigenvalue weighted by Gasteiger charge is -2.16. The molecule has 1 aromatic rings. The second-order valence-corrected chi connectivity index (χ2v) is 4.68. The van der Waals surface area contributed by atoms with Crippen LogP contribution in [-0.4, -0.2) is 35.2 Å². The van der Waals surface area contributed by atoms with Crippen molar-refractivity contribution in [1.29, 1.82) is 0 Å². The smallest absolute Gasteiger partial charge is 0.322 e. The molecule has 0 radical (unpaired) electrons. The summed E-state index contributed by atoms with van der Waals surface area (Å²) >= 11 is 0. The summed E-state index contributed by atoms with van der Waals surface area (Å²) in [5, 5.41) is 3.29. The predicted octanol–water partition coefficient (Wildman–Crippen LogP) is 1.98. The minimum absolute atomic E-state index is 0.150. The number of methoxy groups -OCH3 is 1. The lowest BCUT2D eigenvalue weighted by molar-refractivity contribution is -0.143. The molecule has 0 bridgehead atoms. The van der Waals surface area contributed by atoms with E-state index >= 15 is 0 Å². The van der Waals surface area contributed by atoms with Gasteiger partial charge in [-0.3, -0.25) is 4.79 Å². The summed E-state index contributed by atoms with van der Waals surface area (Å²) in [5.41, 5.74) is 0. The van der Waals surface area contributed by atoms with Crippen molar-refractivity contribution in [2.24, 2.45) is 0 Å². The second-order valence-electron chi connectivity index (χ2n) is 4.68. The summed E-state index contributed by atoms with van der Waals surface area (Å²) in [4.78, 5) is 15.6. The Balaban J connectivity index is 2.14. The highest BCUT2D eigenvalue weighted by Gasteiger charge is 2.16. The molecule has 1 atom stereocenters. The SMILES string of the molecule is CCCCC(NCCCCn1ccnc1)C(=O)OC. The van der Waals surface area contributed by atoms with E-state index in [1.54, 1.807) is 6.20 Å². The molecule has 0 aliphatic rings. The Bertz CT molecular complexity index is 338. The van der Waals surface area contributed by atoms with E-state index in [1.165, 1.54) is 7.11 Å². The molecule has 108 valence electrons. The summed E-state index contributed by atoms with van der Waals surface area (Å²) in [6.45, 7) is 3.94. The number of nitrogens with zero attached hydrogens (tertiary/aromatic N) is 2. The van der Waals surface area contributed by atoms with E-state index in [9.17, 15) is 4.79 Å². The van der Waals surface area contributed by atoms with Crippen LogP contribution in [0.5, 0.6) is 0 Å². The number of hydrogen-bond acceptors (Lipinski definition) is 4. The Labute approximate surface area is 115 Å². The van der Waals surface area contributed by atoms with Crippen LogP contribution in [0.1, 0.15) is 39.0 Å². The minimum atomic E-state index is -0.154. The zero-order valence-corrected chi connectivity index (χ0v) is 12.0. The maximum atomic E-state index is 11.6. The monoisotopic (exact) mass is 267 g/mol. The van der Waals surface area contributed by atoms with E-state index < -0.39 is 0 Å². The topological polar surface area (TPSA) is 56.2 Å². The number of aromatic nitrogens is 2. The molecule has 0 amide bonds. The predicted molar refractivity (Wildman–Crippen MR) is 74.8 cm³/mol. The summed E-state index contributed by atoms with van der Waals surface area (Å²) in [7, 11) is 1.45. The highest BCUT2D eigenvalue weighted by Crippen LogP contribution is 2.03. The fourth-order valence-corrected chi connectivity index (χ4v) is 1.97. The normalized spacial score (nSPS) is 12.3. The molecule has 0 aromatic carbocycles. The lowest BCUT2D eigenvalue weighted by atomic mass is 10.1. The molecule has 0 aliphatic carbocycles. The number of nitrogens with one attached hydrogen (secondary N) is 1. The van der Waals surface area contributed by atoms with Gasteiger partial charge in [-0.25, -0.2) is 4.98 Å². The van der Waals surface area contributed by atoms with E-state index in [0.717, 1.165) is 45.2 Å². The molecule has 0 saturated heterocycles. The third-order valence-electron chi connectivity index (χ3n) is 3.13. The van der Waals surface area contributed by atoms with E-state index in [0.29, 0.717) is 0 Å². The average molecular weight is 267 g/mol. The summed E-state index contributed by atoms with van der Waals surface area (Å²) in [6.07, 6.45) is 10.7. The third-order valence-corrected chi connectivity index (χ3v) is 3.13. The van der Waals surface area contributed by atoms with Gasteiger partial charge >= 0.3 is 5.97 Å². The standard InChI is InChI=1S/C14H25N3O2/c1-3-4-7-13(14(18)19-2)16-8-5-6-10-17-11-9-15-12-17/h9,11-13,16H,3-8,10H2,1-2H3. The zero-order valence-electron chi connectivity index (χ0n) is 12.0. The van der Waals surface area contributed by atoms with E-state index in [1.807, 2.05) is 12.5 Å². The van der Waals surface area contributed by atoms with Gasteiger partial charge in [0.1, 0.15) is 6.04 Å². The molecule has 19 heavy (non-hydrogen) atoms. The fraction of sp³-hybridized carbons (Fsp3) is 0.714. The van der Waals surface area contributed by atoms with Gasteiger partial charge in [-0.1, -0.05) is 19.8 Å². The van der Waals surface area contributed by atoms with Gasteiger partial charge in [0.15, 0.2) is 0 Å². The molecule has 5 heteroatoms. The molecule has 5 nitrogen and oxygen atoms in total. The molecule has 0 fully saturated rings. The van der Waals surface area contributed by atoms with Crippen molar-refractivity contribution in [2.45, 2.75) is 51.6 Å². The first-order valence-electron chi connectivity index (χ1n) is 7.05. The van der Waals surface area contributed by atoms with Crippen LogP contribution in [0.3, 0.4) is 0 Å². The number of unbranched alkanes of at least 4 members (excludes halogenated alkanes) is 2. The van der Waals surface area contributed by atoms with Gasteiger partial charge in [-0.2, -0.15) is 0 Å². The molecular formula is C14H25N3O2. The van der Waals surface area contributed by atoms with Gasteiger partial charge in [0.25, 0.3) is 0 Å². The number of imidazole rings is 1. The van der Waals surface area contributed by atoms with Gasteiger partial charge in [0.2, 0.25) is 0 Å². The molecule has 1 heterocycles. The molecule has 0 aliphatic heterocycles. The van der Waals surface area contributed by atoms with Crippen LogP contribution in [-0.2, 0) is 16.1 Å². The van der Waals surface area contributed by atoms with Crippen LogP contribution in [0, 0.1) is 0 Å². The molecule has 0 saturated carbocycles. The van der Waals surface area contributed by atoms with Crippen LogP contribution in [0.25, 0.3) is 0 Å². The Kier molecular flexibility index (Phi) is 7.89. The number of ether oxygens (including phenoxy) is 1. The van der Waals surface area contributed by atoms with Crippen molar-refractivity contribution in [3.05, 3.63) is 18.7 Å². The second kappa shape index (κ2) is 9.55. The van der Waals surface area contributed by atoms with Crippen molar-refractivity contribution in [2.75, 3.05) is 13.7 Å². The number of carbonyl (C=O) groups excluding carboxylic acids is 1. The molecule has 1 unspecified atom stereocenters. The van der Waals surface area contributed by atoms with Gasteiger partial charge in [-0.15, -0.1) is 0 Å². The van der Waals surface area contributed by atoms with Crippen LogP contribution in [0.15, 0.2) is 18.7 Å². The molecular weight excluding hydrogens is 242 g/mol. The Morgan fingerprint density at radius 3 is 2.89 bits per heavy atom. The van der Waals surface area contributed by atoms with Crippen LogP contribution in [0.4, 0.5) is 0 Å². The molecule has 1 rings (SSSR count). The first-order chi connectivity index (χ1) is 9.27. The van der Waals surface area contributed by atoms with Crippen molar-refractivity contribution in [1.82, 2.24) is 14.9 Å². The highest BCUT2D eigenvalue weighted by atomic mass is 16.5. The van der Waals surface area contributed by atoms with Crippen molar-refractivity contribution < 1.29 is 9.53 Å². The first kappa shape index (κ1) is 15.7. The van der Waals surface area contributed by atoms with Crippen LogP contribution >= 0.6 is 0 Å². The highest BCUT2D eigenvalue weighted by molar-refractivity contribution is 5.75. The summed E-state index contributed by atoms with van der Waals surface area (Å²) < 4.78 is 6.88. The lowest BCUT2D eigenvalue weighted by Crippen LogP contribution is -2.38. The van der Waals surface area contributed by atoms with Crippen LogP contribution in [0.2, 0.25) is 0 Å². The Hall–Kier alpha value is -1.36. The van der Waals surface area contributed by atoms with Gasteiger partial charge in [0, 0.05) is 18.9 Å². The minimum Gasteiger partial charge on any atom is -0.468 e.